The van der Waals surface area contributed by atoms with E-state index < -0.39 is 0 Å². The first-order valence-corrected chi connectivity index (χ1v) is 9.76. The summed E-state index contributed by atoms with van der Waals surface area (Å²) < 4.78 is 11.2. The lowest BCUT2D eigenvalue weighted by Gasteiger charge is -2.10. The van der Waals surface area contributed by atoms with Gasteiger partial charge in [0.05, 0.1) is 6.61 Å². The van der Waals surface area contributed by atoms with Gasteiger partial charge in [-0.2, -0.15) is 0 Å². The molecule has 0 radical (unpaired) electrons. The van der Waals surface area contributed by atoms with Gasteiger partial charge in [0.15, 0.2) is 0 Å². The van der Waals surface area contributed by atoms with Gasteiger partial charge < -0.3 is 20.1 Å². The fraction of sp³-hybridized carbons (Fsp3) is 0.208. The Kier molecular flexibility index (Phi) is 7.52. The van der Waals surface area contributed by atoms with Crippen LogP contribution < -0.4 is 20.1 Å². The van der Waals surface area contributed by atoms with Crippen LogP contribution in [0.2, 0.25) is 0 Å². The topological polar surface area (TPSA) is 59.6 Å². The van der Waals surface area contributed by atoms with Crippen molar-refractivity contribution in [1.82, 2.24) is 0 Å². The van der Waals surface area contributed by atoms with Crippen LogP contribution in [0.4, 0.5) is 11.4 Å². The normalized spacial score (nSPS) is 10.2. The zero-order chi connectivity index (χ0) is 20.3. The smallest absolute Gasteiger partial charge is 0.226 e. The van der Waals surface area contributed by atoms with Gasteiger partial charge in [0, 0.05) is 24.3 Å². The zero-order valence-corrected chi connectivity index (χ0v) is 16.6. The largest absolute Gasteiger partial charge is 0.494 e. The molecule has 5 nitrogen and oxygen atoms in total. The van der Waals surface area contributed by atoms with E-state index in [2.05, 4.69) is 10.6 Å². The minimum atomic E-state index is -0.0375. The number of ether oxygens (including phenoxy) is 2. The molecule has 29 heavy (non-hydrogen) atoms. The Labute approximate surface area is 171 Å². The van der Waals surface area contributed by atoms with Gasteiger partial charge in [0.1, 0.15) is 18.1 Å². The predicted molar refractivity (Wildman–Crippen MR) is 117 cm³/mol. The fourth-order valence-corrected chi connectivity index (χ4v) is 2.75. The second kappa shape index (κ2) is 10.8. The summed E-state index contributed by atoms with van der Waals surface area (Å²) in [6, 6.07) is 25.2. The van der Waals surface area contributed by atoms with Crippen LogP contribution in [0.1, 0.15) is 18.9 Å². The van der Waals surface area contributed by atoms with Gasteiger partial charge in [0.25, 0.3) is 0 Å². The lowest BCUT2D eigenvalue weighted by atomic mass is 10.2. The molecule has 0 fully saturated rings. The molecule has 3 aromatic rings. The highest BCUT2D eigenvalue weighted by Gasteiger charge is 2.03. The molecule has 3 aromatic carbocycles. The van der Waals surface area contributed by atoms with Crippen LogP contribution in [-0.4, -0.2) is 19.1 Å². The van der Waals surface area contributed by atoms with E-state index in [4.69, 9.17) is 9.47 Å². The highest BCUT2D eigenvalue weighted by atomic mass is 16.5. The van der Waals surface area contributed by atoms with Crippen LogP contribution in [0.3, 0.4) is 0 Å². The maximum absolute atomic E-state index is 12.1. The van der Waals surface area contributed by atoms with E-state index in [1.165, 1.54) is 0 Å². The summed E-state index contributed by atoms with van der Waals surface area (Å²) in [5, 5.41) is 6.14. The quantitative estimate of drug-likeness (QED) is 0.505. The number of nitrogens with one attached hydrogen (secondary N) is 2. The van der Waals surface area contributed by atoms with Crippen LogP contribution in [0.15, 0.2) is 78.9 Å². The van der Waals surface area contributed by atoms with Crippen molar-refractivity contribution in [2.75, 3.05) is 23.8 Å². The summed E-state index contributed by atoms with van der Waals surface area (Å²) in [5.41, 5.74) is 2.84. The van der Waals surface area contributed by atoms with Crippen LogP contribution in [0.25, 0.3) is 0 Å². The first-order valence-electron chi connectivity index (χ1n) is 9.76. The SMILES string of the molecule is CCOc1ccc(NC(=O)CCNc2ccc(OCc3ccccc3)cc2)cc1. The van der Waals surface area contributed by atoms with E-state index in [-0.39, 0.29) is 5.91 Å². The molecule has 3 rings (SSSR count). The van der Waals surface area contributed by atoms with E-state index in [1.54, 1.807) is 0 Å². The molecule has 5 heteroatoms. The maximum Gasteiger partial charge on any atom is 0.226 e. The summed E-state index contributed by atoms with van der Waals surface area (Å²) in [6.45, 7) is 3.65. The minimum absolute atomic E-state index is 0.0375. The number of amides is 1. The summed E-state index contributed by atoms with van der Waals surface area (Å²) >= 11 is 0. The van der Waals surface area contributed by atoms with Crippen molar-refractivity contribution in [3.8, 4) is 11.5 Å². The first-order chi connectivity index (χ1) is 14.2. The Morgan fingerprint density at radius 2 is 1.41 bits per heavy atom. The summed E-state index contributed by atoms with van der Waals surface area (Å²) in [4.78, 5) is 12.1. The fourth-order valence-electron chi connectivity index (χ4n) is 2.75. The van der Waals surface area contributed by atoms with Gasteiger partial charge in [-0.05, 0) is 61.0 Å². The highest BCUT2D eigenvalue weighted by Crippen LogP contribution is 2.18. The van der Waals surface area contributed by atoms with Crippen LogP contribution in [0.5, 0.6) is 11.5 Å². The van der Waals surface area contributed by atoms with Gasteiger partial charge in [-0.25, -0.2) is 0 Å². The molecule has 2 N–H and O–H groups in total. The molecule has 0 saturated heterocycles. The molecule has 1 amide bonds. The lowest BCUT2D eigenvalue weighted by Crippen LogP contribution is -2.16. The number of rotatable bonds is 10. The average molecular weight is 390 g/mol. The van der Waals surface area contributed by atoms with Gasteiger partial charge in [-0.15, -0.1) is 0 Å². The second-order valence-electron chi connectivity index (χ2n) is 6.48. The predicted octanol–water partition coefficient (Wildman–Crippen LogP) is 5.11. The monoisotopic (exact) mass is 390 g/mol. The van der Waals surface area contributed by atoms with Crippen LogP contribution in [0, 0.1) is 0 Å². The van der Waals surface area contributed by atoms with Crippen molar-refractivity contribution in [2.45, 2.75) is 20.0 Å². The first kappa shape index (κ1) is 20.3. The van der Waals surface area contributed by atoms with Crippen molar-refractivity contribution in [1.29, 1.82) is 0 Å². The average Bonchev–Trinajstić information content (AvgIpc) is 2.75. The number of benzene rings is 3. The molecule has 0 unspecified atom stereocenters. The molecule has 0 bridgehead atoms. The van der Waals surface area contributed by atoms with Crippen molar-refractivity contribution < 1.29 is 14.3 Å². The molecule has 150 valence electrons. The molecule has 0 atom stereocenters. The van der Waals surface area contributed by atoms with Crippen molar-refractivity contribution >= 4 is 17.3 Å². The van der Waals surface area contributed by atoms with Gasteiger partial charge in [-0.3, -0.25) is 4.79 Å². The molecular weight excluding hydrogens is 364 g/mol. The van der Waals surface area contributed by atoms with E-state index in [0.717, 1.165) is 28.4 Å². The summed E-state index contributed by atoms with van der Waals surface area (Å²) in [7, 11) is 0. The van der Waals surface area contributed by atoms with Crippen LogP contribution >= 0.6 is 0 Å². The standard InChI is InChI=1S/C24H26N2O3/c1-2-28-22-14-10-21(11-15-22)26-24(27)16-17-25-20-8-12-23(13-9-20)29-18-19-6-4-3-5-7-19/h3-15,25H,2,16-18H2,1H3,(H,26,27). The summed E-state index contributed by atoms with van der Waals surface area (Å²) in [5.74, 6) is 1.57. The number of hydrogen-bond acceptors (Lipinski definition) is 4. The summed E-state index contributed by atoms with van der Waals surface area (Å²) in [6.07, 6.45) is 0.374. The Hall–Kier alpha value is -3.47. The molecule has 0 aliphatic heterocycles. The Morgan fingerprint density at radius 3 is 2.07 bits per heavy atom. The van der Waals surface area contributed by atoms with E-state index in [1.807, 2.05) is 85.8 Å². The number of anilines is 2. The molecule has 0 heterocycles. The van der Waals surface area contributed by atoms with Gasteiger partial charge in [-0.1, -0.05) is 30.3 Å². The second-order valence-corrected chi connectivity index (χ2v) is 6.48. The van der Waals surface area contributed by atoms with Crippen molar-refractivity contribution in [3.05, 3.63) is 84.4 Å². The third-order valence-electron chi connectivity index (χ3n) is 4.23. The van der Waals surface area contributed by atoms with Crippen molar-refractivity contribution in [3.63, 3.8) is 0 Å². The van der Waals surface area contributed by atoms with E-state index >= 15 is 0 Å². The van der Waals surface area contributed by atoms with Gasteiger partial charge >= 0.3 is 0 Å². The number of carbonyl (C=O) groups is 1. The number of carbonyl (C=O) groups excluding carboxylic acids is 1. The molecule has 0 aromatic heterocycles. The van der Waals surface area contributed by atoms with E-state index in [9.17, 15) is 4.79 Å². The molecule has 0 aliphatic carbocycles. The van der Waals surface area contributed by atoms with E-state index in [0.29, 0.717) is 26.2 Å². The molecule has 0 spiro atoms. The Balaban J connectivity index is 1.37. The Bertz CT molecular complexity index is 878. The highest BCUT2D eigenvalue weighted by molar-refractivity contribution is 5.91. The third-order valence-corrected chi connectivity index (χ3v) is 4.23. The Morgan fingerprint density at radius 1 is 0.793 bits per heavy atom. The van der Waals surface area contributed by atoms with Crippen molar-refractivity contribution in [2.24, 2.45) is 0 Å². The third kappa shape index (κ3) is 6.88. The molecule has 0 saturated carbocycles. The number of hydrogen-bond donors (Lipinski definition) is 2. The molecule has 0 aliphatic rings. The van der Waals surface area contributed by atoms with Crippen LogP contribution in [-0.2, 0) is 11.4 Å². The minimum Gasteiger partial charge on any atom is -0.494 e. The molecular formula is C24H26N2O3. The lowest BCUT2D eigenvalue weighted by molar-refractivity contribution is -0.115. The zero-order valence-electron chi connectivity index (χ0n) is 16.6. The van der Waals surface area contributed by atoms with Gasteiger partial charge in [0.2, 0.25) is 5.91 Å². The maximum atomic E-state index is 12.1.